The van der Waals surface area contributed by atoms with Crippen LogP contribution < -0.4 is 20.7 Å². The number of methoxy groups -OCH3 is 2. The molecule has 0 radical (unpaired) electrons. The molecule has 0 bridgehead atoms. The smallest absolute Gasteiger partial charge is 0.330 e. The molecule has 0 amide bonds. The minimum Gasteiger partial charge on any atom is -0.497 e. The van der Waals surface area contributed by atoms with E-state index in [-0.39, 0.29) is 17.9 Å². The van der Waals surface area contributed by atoms with Crippen LogP contribution >= 0.6 is 0 Å². The lowest BCUT2D eigenvalue weighted by molar-refractivity contribution is -0.0348. The molecule has 1 saturated heterocycles. The number of aromatic amines is 1. The maximum absolute atomic E-state index is 12.8. The predicted molar refractivity (Wildman–Crippen MR) is 155 cm³/mol. The molecule has 6 rings (SSSR count). The number of H-pyrrole nitrogens is 1. The average Bonchev–Trinajstić information content (AvgIpc) is 3.57. The van der Waals surface area contributed by atoms with Crippen molar-refractivity contribution in [2.75, 3.05) is 14.2 Å². The number of ether oxygens (including phenoxy) is 3. The van der Waals surface area contributed by atoms with Crippen molar-refractivity contribution in [1.29, 1.82) is 0 Å². The second-order valence-corrected chi connectivity index (χ2v) is 11.0. The molecule has 8 nitrogen and oxygen atoms in total. The Bertz CT molecular complexity index is 1580. The molecule has 0 spiro atoms. The van der Waals surface area contributed by atoms with Crippen LogP contribution in [0.1, 0.15) is 41.3 Å². The van der Waals surface area contributed by atoms with E-state index in [9.17, 15) is 14.7 Å². The van der Waals surface area contributed by atoms with E-state index in [0.717, 1.165) is 28.2 Å². The van der Waals surface area contributed by atoms with Crippen molar-refractivity contribution < 1.29 is 19.3 Å². The van der Waals surface area contributed by atoms with Crippen molar-refractivity contribution in [3.63, 3.8) is 0 Å². The number of hydrogen-bond acceptors (Lipinski definition) is 6. The second-order valence-electron chi connectivity index (χ2n) is 11.0. The normalized spacial score (nSPS) is 23.8. The van der Waals surface area contributed by atoms with Gasteiger partial charge in [-0.25, -0.2) is 4.79 Å². The van der Waals surface area contributed by atoms with Crippen molar-refractivity contribution in [3.8, 4) is 11.5 Å². The standard InChI is InChI=1S/C33H34N2O6/c1-20-19-35(32(38)34-31(20)37)29-17-26-28(36)18-27(30(26)41-29)33(21-7-5-4-6-8-21,22-9-13-24(39-2)14-10-22)23-11-15-25(40-3)16-12-23/h4-16,19,26-30,36H,17-18H2,1-3H3,(H,34,37,38)/t26-,27+,28+,29+,30-/m0/s1. The third-order valence-electron chi connectivity index (χ3n) is 8.93. The van der Waals surface area contributed by atoms with Gasteiger partial charge in [-0.3, -0.25) is 14.3 Å². The average molecular weight is 555 g/mol. The van der Waals surface area contributed by atoms with Crippen LogP contribution in [0.2, 0.25) is 0 Å². The molecule has 8 heteroatoms. The molecule has 0 unspecified atom stereocenters. The van der Waals surface area contributed by atoms with Crippen LogP contribution in [0, 0.1) is 18.8 Å². The van der Waals surface area contributed by atoms with E-state index in [4.69, 9.17) is 14.2 Å². The van der Waals surface area contributed by atoms with Gasteiger partial charge in [-0.05, 0) is 54.3 Å². The molecule has 1 saturated carbocycles. The van der Waals surface area contributed by atoms with E-state index in [1.165, 1.54) is 4.57 Å². The molecule has 2 fully saturated rings. The van der Waals surface area contributed by atoms with Crippen molar-refractivity contribution in [3.05, 3.63) is 128 Å². The van der Waals surface area contributed by atoms with Gasteiger partial charge in [0.1, 0.15) is 17.7 Å². The van der Waals surface area contributed by atoms with E-state index >= 15 is 0 Å². The van der Waals surface area contributed by atoms with E-state index < -0.39 is 29.0 Å². The summed E-state index contributed by atoms with van der Waals surface area (Å²) in [5.74, 6) is 1.12. The molecule has 2 heterocycles. The van der Waals surface area contributed by atoms with Gasteiger partial charge in [-0.15, -0.1) is 0 Å². The van der Waals surface area contributed by atoms with Crippen LogP contribution in [0.5, 0.6) is 11.5 Å². The van der Waals surface area contributed by atoms with Crippen molar-refractivity contribution in [2.24, 2.45) is 11.8 Å². The van der Waals surface area contributed by atoms with Crippen molar-refractivity contribution in [2.45, 2.75) is 43.6 Å². The third-order valence-corrected chi connectivity index (χ3v) is 8.93. The summed E-state index contributed by atoms with van der Waals surface area (Å²) in [5, 5.41) is 11.5. The summed E-state index contributed by atoms with van der Waals surface area (Å²) < 4.78 is 19.1. The lowest BCUT2D eigenvalue weighted by atomic mass is 9.60. The molecular formula is C33H34N2O6. The van der Waals surface area contributed by atoms with Gasteiger partial charge in [-0.2, -0.15) is 0 Å². The highest BCUT2D eigenvalue weighted by Crippen LogP contribution is 2.57. The van der Waals surface area contributed by atoms with E-state index in [1.807, 2.05) is 42.5 Å². The van der Waals surface area contributed by atoms with E-state index in [0.29, 0.717) is 18.4 Å². The number of aliphatic hydroxyl groups is 1. The van der Waals surface area contributed by atoms with Crippen LogP contribution in [0.4, 0.5) is 0 Å². The number of fused-ring (bicyclic) bond motifs is 1. The van der Waals surface area contributed by atoms with Crippen LogP contribution in [-0.2, 0) is 10.2 Å². The highest BCUT2D eigenvalue weighted by Gasteiger charge is 2.58. The Balaban J connectivity index is 1.54. The number of hydrogen-bond donors (Lipinski definition) is 2. The Morgan fingerprint density at radius 2 is 1.41 bits per heavy atom. The Morgan fingerprint density at radius 3 is 1.98 bits per heavy atom. The summed E-state index contributed by atoms with van der Waals surface area (Å²) in [4.78, 5) is 27.2. The fourth-order valence-corrected chi connectivity index (χ4v) is 7.00. The van der Waals surface area contributed by atoms with Gasteiger partial charge in [0.25, 0.3) is 5.56 Å². The van der Waals surface area contributed by atoms with Crippen molar-refractivity contribution in [1.82, 2.24) is 9.55 Å². The molecule has 3 aromatic carbocycles. The lowest BCUT2D eigenvalue weighted by Crippen LogP contribution is -2.43. The fraction of sp³-hybridized carbons (Fsp3) is 0.333. The molecule has 1 aromatic heterocycles. The number of benzene rings is 3. The Labute approximate surface area is 238 Å². The SMILES string of the molecule is COc1ccc(C(c2ccccc2)(c2ccc(OC)cc2)[C@@H]2C[C@@H](O)[C@@H]3C[C@H](n4cc(C)c(=O)[nH]c4=O)O[C@@H]32)cc1. The van der Waals surface area contributed by atoms with Gasteiger partial charge >= 0.3 is 5.69 Å². The highest BCUT2D eigenvalue weighted by atomic mass is 16.5. The topological polar surface area (TPSA) is 103 Å². The van der Waals surface area contributed by atoms with Crippen LogP contribution in [0.25, 0.3) is 0 Å². The molecule has 1 aliphatic heterocycles. The van der Waals surface area contributed by atoms with E-state index in [1.54, 1.807) is 27.3 Å². The zero-order valence-electron chi connectivity index (χ0n) is 23.3. The Morgan fingerprint density at radius 1 is 0.854 bits per heavy atom. The Hall–Kier alpha value is -4.14. The van der Waals surface area contributed by atoms with Crippen LogP contribution in [0.3, 0.4) is 0 Å². The minimum atomic E-state index is -0.707. The molecule has 41 heavy (non-hydrogen) atoms. The lowest BCUT2D eigenvalue weighted by Gasteiger charge is -2.43. The highest BCUT2D eigenvalue weighted by molar-refractivity contribution is 5.54. The first-order chi connectivity index (χ1) is 19.9. The molecule has 4 aromatic rings. The molecule has 2 N–H and O–H groups in total. The minimum absolute atomic E-state index is 0.184. The number of nitrogens with one attached hydrogen (secondary N) is 1. The number of nitrogens with zero attached hydrogens (tertiary/aromatic N) is 1. The quantitative estimate of drug-likeness (QED) is 0.332. The van der Waals surface area contributed by atoms with Crippen molar-refractivity contribution >= 4 is 0 Å². The van der Waals surface area contributed by atoms with Gasteiger partial charge in [-0.1, -0.05) is 54.6 Å². The number of aliphatic hydroxyl groups excluding tert-OH is 1. The zero-order valence-corrected chi connectivity index (χ0v) is 23.3. The van der Waals surface area contributed by atoms with Crippen LogP contribution in [-0.4, -0.2) is 41.1 Å². The summed E-state index contributed by atoms with van der Waals surface area (Å²) in [5.41, 5.74) is 1.93. The summed E-state index contributed by atoms with van der Waals surface area (Å²) in [6.07, 6.45) is 0.919. The molecule has 5 atom stereocenters. The molecule has 1 aliphatic carbocycles. The second kappa shape index (κ2) is 10.7. The first-order valence-electron chi connectivity index (χ1n) is 13.9. The summed E-state index contributed by atoms with van der Waals surface area (Å²) in [6.45, 7) is 1.66. The van der Waals surface area contributed by atoms with Gasteiger partial charge in [0.2, 0.25) is 0 Å². The zero-order chi connectivity index (χ0) is 28.7. The maximum Gasteiger partial charge on any atom is 0.330 e. The van der Waals surface area contributed by atoms with Crippen LogP contribution in [0.15, 0.2) is 94.6 Å². The summed E-state index contributed by atoms with van der Waals surface area (Å²) in [6, 6.07) is 26.5. The molecular weight excluding hydrogens is 520 g/mol. The van der Waals surface area contributed by atoms with Gasteiger partial charge < -0.3 is 19.3 Å². The largest absolute Gasteiger partial charge is 0.497 e. The summed E-state index contributed by atoms with van der Waals surface area (Å²) in [7, 11) is 3.29. The van der Waals surface area contributed by atoms with Gasteiger partial charge in [0.05, 0.1) is 31.8 Å². The first kappa shape index (κ1) is 27.1. The predicted octanol–water partition coefficient (Wildman–Crippen LogP) is 4.18. The van der Waals surface area contributed by atoms with Gasteiger partial charge in [0.15, 0.2) is 0 Å². The molecule has 212 valence electrons. The number of rotatable bonds is 7. The number of aromatic nitrogens is 2. The van der Waals surface area contributed by atoms with E-state index in [2.05, 4.69) is 41.4 Å². The fourth-order valence-electron chi connectivity index (χ4n) is 7.00. The Kier molecular flexibility index (Phi) is 7.05. The summed E-state index contributed by atoms with van der Waals surface area (Å²) >= 11 is 0. The maximum atomic E-state index is 12.8. The first-order valence-corrected chi connectivity index (χ1v) is 13.9. The third kappa shape index (κ3) is 4.47. The number of aryl methyl sites for hydroxylation is 1. The monoisotopic (exact) mass is 554 g/mol. The molecule has 2 aliphatic rings. The van der Waals surface area contributed by atoms with Gasteiger partial charge in [0, 0.05) is 30.0 Å².